The summed E-state index contributed by atoms with van der Waals surface area (Å²) in [6.45, 7) is 11.8. The fourth-order valence-corrected chi connectivity index (χ4v) is 18.0. The number of oxime groups is 4. The maximum absolute atomic E-state index is 13.2. The SMILES string of the molecule is C/C1=C\C(=NOCC(=O)N2CCCCC2)Cc2cc(O)cc(OP(=O)(O)O)c2C(=O)OCC/C=C/CC1.C/C1=C\C(=NOCC(=O)N2CCCCC2)Cc2cc(O)cc(OP(=O)(O)O)c2C(=O)O[C@H](C)C/C=C/CC1.C[C@@H]1C/C=C/CC/C=C/C(=NOCC(=O)N2CCCCC2)Cc2cc(O)cc(OP(=O)(O)O)c2C(=O)O1.O=C1OCC/C=C/CC/C=C/C(=NOCC(=O)N2CCCCC2)Cc2cc(O)cc(OP(=O)(O)O)c21. The highest BCUT2D eigenvalue weighted by molar-refractivity contribution is 7.47. The van der Waals surface area contributed by atoms with Crippen molar-refractivity contribution in [2.24, 2.45) is 20.6 Å². The van der Waals surface area contributed by atoms with Gasteiger partial charge in [0.05, 0.1) is 36.1 Å². The van der Waals surface area contributed by atoms with Crippen LogP contribution >= 0.6 is 31.3 Å². The Bertz CT molecular complexity index is 5840. The number of amides is 4. The quantitative estimate of drug-likeness (QED) is 0.0129. The minimum Gasteiger partial charge on any atom is -0.508 e. The molecule has 0 bridgehead atoms. The third kappa shape index (κ3) is 43.7. The number of allylic oxidation sites excluding steroid dienone is 12. The molecule has 8 aliphatic rings. The Morgan fingerprint density at radius 2 is 0.574 bits per heavy atom. The first-order valence-electron chi connectivity index (χ1n) is 48.8. The number of fused-ring (bicyclic) bond motifs is 4. The van der Waals surface area contributed by atoms with Gasteiger partial charge >= 0.3 is 55.2 Å². The maximum Gasteiger partial charge on any atom is 0.524 e. The van der Waals surface area contributed by atoms with E-state index in [2.05, 4.69) is 25.1 Å². The second-order valence-electron chi connectivity index (χ2n) is 35.8. The normalized spacial score (nSPS) is 21.8. The van der Waals surface area contributed by atoms with E-state index in [0.29, 0.717) is 114 Å². The first-order chi connectivity index (χ1) is 70.5. The summed E-state index contributed by atoms with van der Waals surface area (Å²) < 4.78 is 86.7. The van der Waals surface area contributed by atoms with Gasteiger partial charge in [0.15, 0.2) is 26.4 Å². The molecule has 44 nitrogen and oxygen atoms in total. The van der Waals surface area contributed by atoms with Crippen LogP contribution in [0.4, 0.5) is 0 Å². The number of likely N-dealkylation sites (tertiary alicyclic amines) is 4. The molecular weight excluding hydrogens is 2010 g/mol. The van der Waals surface area contributed by atoms with Gasteiger partial charge in [0, 0.05) is 115 Å². The molecule has 48 heteroatoms. The lowest BCUT2D eigenvalue weighted by Gasteiger charge is -2.26. The summed E-state index contributed by atoms with van der Waals surface area (Å²) >= 11 is 0. The molecule has 2 atom stereocenters. The zero-order chi connectivity index (χ0) is 107. The summed E-state index contributed by atoms with van der Waals surface area (Å²) in [5.74, 6) is -7.76. The van der Waals surface area contributed by atoms with Gasteiger partial charge in [-0.3, -0.25) is 58.3 Å². The highest BCUT2D eigenvalue weighted by atomic mass is 31.2. The van der Waals surface area contributed by atoms with Crippen molar-refractivity contribution >= 4 is 102 Å². The number of phosphoric acid groups is 4. The molecule has 4 fully saturated rings. The lowest BCUT2D eigenvalue weighted by atomic mass is 9.98. The van der Waals surface area contributed by atoms with Gasteiger partial charge in [0.2, 0.25) is 0 Å². The number of ether oxygens (including phenoxy) is 4. The average Bonchev–Trinajstić information content (AvgIpc) is 0.813. The Hall–Kier alpha value is -12.6. The summed E-state index contributed by atoms with van der Waals surface area (Å²) in [7, 11) is -20.3. The van der Waals surface area contributed by atoms with Gasteiger partial charge in [0.25, 0.3) is 23.6 Å². The van der Waals surface area contributed by atoms with Crippen molar-refractivity contribution in [3.8, 4) is 46.0 Å². The number of phenolic OH excluding ortho intramolecular Hbond substituents is 4. The molecule has 4 amide bonds. The van der Waals surface area contributed by atoms with E-state index in [4.69, 9.17) is 51.9 Å². The molecular formula is C100H132N8O36P4. The number of rotatable bonds is 20. The van der Waals surface area contributed by atoms with Crippen LogP contribution in [0, 0.1) is 0 Å². The number of benzene rings is 4. The smallest absolute Gasteiger partial charge is 0.508 e. The van der Waals surface area contributed by atoms with E-state index < -0.39 is 90.4 Å². The molecule has 0 aliphatic carbocycles. The molecule has 808 valence electrons. The first kappa shape index (κ1) is 119. The molecule has 148 heavy (non-hydrogen) atoms. The van der Waals surface area contributed by atoms with Crippen LogP contribution in [0.5, 0.6) is 46.0 Å². The number of carbonyl (C=O) groups is 8. The van der Waals surface area contributed by atoms with Crippen LogP contribution in [-0.2, 0) is 101 Å². The van der Waals surface area contributed by atoms with Crippen LogP contribution in [0.1, 0.15) is 245 Å². The average molecular weight is 2150 g/mol. The highest BCUT2D eigenvalue weighted by Gasteiger charge is 2.35. The van der Waals surface area contributed by atoms with Gasteiger partial charge in [-0.25, -0.2) is 37.4 Å². The predicted octanol–water partition coefficient (Wildman–Crippen LogP) is 14.5. The molecule has 4 aromatic rings. The molecule has 4 aromatic carbocycles. The third-order valence-corrected chi connectivity index (χ3v) is 25.0. The Balaban J connectivity index is 0.000000219. The summed E-state index contributed by atoms with van der Waals surface area (Å²) in [6.07, 6.45) is 44.2. The minimum atomic E-state index is -5.07. The van der Waals surface area contributed by atoms with Gasteiger partial charge < -0.3 is 96.4 Å². The third-order valence-electron chi connectivity index (χ3n) is 23.3. The van der Waals surface area contributed by atoms with E-state index in [1.54, 1.807) is 57.8 Å². The van der Waals surface area contributed by atoms with Crippen molar-refractivity contribution in [1.29, 1.82) is 0 Å². The first-order valence-corrected chi connectivity index (χ1v) is 54.9. The van der Waals surface area contributed by atoms with Crippen LogP contribution in [-0.4, -0.2) is 254 Å². The number of hydrogen-bond acceptors (Lipinski definition) is 32. The van der Waals surface area contributed by atoms with Gasteiger partial charge in [0.1, 0.15) is 80.5 Å². The van der Waals surface area contributed by atoms with Crippen molar-refractivity contribution in [1.82, 2.24) is 19.6 Å². The number of phenols is 4. The van der Waals surface area contributed by atoms with E-state index in [9.17, 15) is 116 Å². The number of hydrogen-bond donors (Lipinski definition) is 12. The summed E-state index contributed by atoms with van der Waals surface area (Å²) in [4.78, 5) is 205. The number of piperidine rings is 4. The predicted molar refractivity (Wildman–Crippen MR) is 541 cm³/mol. The Labute approximate surface area is 857 Å². The molecule has 0 saturated carbocycles. The van der Waals surface area contributed by atoms with Gasteiger partial charge in [-0.2, -0.15) is 0 Å². The van der Waals surface area contributed by atoms with Crippen LogP contribution < -0.4 is 18.1 Å². The van der Waals surface area contributed by atoms with Gasteiger partial charge in [-0.15, -0.1) is 0 Å². The van der Waals surface area contributed by atoms with Crippen LogP contribution in [0.3, 0.4) is 0 Å². The van der Waals surface area contributed by atoms with Crippen molar-refractivity contribution < 1.29 is 173 Å². The second-order valence-corrected chi connectivity index (χ2v) is 40.4. The highest BCUT2D eigenvalue weighted by Crippen LogP contribution is 2.47. The number of nitrogens with zero attached hydrogens (tertiary/aromatic N) is 8. The van der Waals surface area contributed by atoms with E-state index in [-0.39, 0.29) is 156 Å². The summed E-state index contributed by atoms with van der Waals surface area (Å²) in [5.41, 5.74) is 2.88. The standard InChI is InChI=1S/C26H35N2O9P.2C25H33N2O9P.C24H31N2O9P/c1-18-9-5-3-6-10-19(2)36-26(31)25-20(15-22(29)16-23(25)37-38(32,33)34)14-21(13-18)27-35-17-24(30)28-11-7-4-8-12-28;1-18-9-5-2-3-8-12-34-25(30)24-19(15-21(28)16-22(24)36-37(31,32)33)14-20(13-18)26-35-17-23(29)27-10-6-4-7-11-27;1-18-10-6-3-2-4-7-11-20(26-34-17-23(29)27-12-8-5-9-13-27)14-19-15-21(28)16-22(36-37(31,32)33)24(19)25(30)35-18;27-20-15-18-14-19(25-34-17-22(28)26-11-7-5-8-12-26)10-6-3-1-2-4-9-13-33-24(29)23(18)21(16-20)35-36(30,31)32/h3,6,13,15-16,19,29H,4-5,7-12,14,17H2,1-2H3,(H2,32,33,34);2-3,13,15-16,28H,4-12,14,17H2,1H3,(H2,31,32,33);3,6-7,11,15-16,18,28H,2,4-5,8-10,12-14,17H2,1H3,(H2,31,32,33);2,4,6,10,15-16,27H,1,3,5,7-9,11-14,17H2,(H2,30,31,32)/b6-3+,18-13+,27-21?;3-2+,18-13+,26-20?;6-3+,11-7+,26-20?;4-2+,10-6+,25-19?/t19-;;18-;/m1.1./s1. The monoisotopic (exact) mass is 2140 g/mol. The number of aromatic hydroxyl groups is 4. The topological polar surface area (TPSA) is 621 Å². The summed E-state index contributed by atoms with van der Waals surface area (Å²) in [5, 5.41) is 57.4. The van der Waals surface area contributed by atoms with Crippen molar-refractivity contribution in [2.75, 3.05) is 92.0 Å². The largest absolute Gasteiger partial charge is 0.524 e. The summed E-state index contributed by atoms with van der Waals surface area (Å²) in [6, 6.07) is 8.82. The zero-order valence-corrected chi connectivity index (χ0v) is 86.7. The molecule has 12 N–H and O–H groups in total. The second kappa shape index (κ2) is 60.2. The van der Waals surface area contributed by atoms with Crippen LogP contribution in [0.15, 0.2) is 165 Å². The molecule has 12 rings (SSSR count). The fraction of sp³-hybridized carbons (Fsp3) is 0.480. The molecule has 8 aliphatic heterocycles. The van der Waals surface area contributed by atoms with E-state index >= 15 is 0 Å². The maximum atomic E-state index is 13.2. The lowest BCUT2D eigenvalue weighted by Crippen LogP contribution is -2.37. The minimum absolute atomic E-state index is 0.0441. The molecule has 8 heterocycles. The fourth-order valence-electron chi connectivity index (χ4n) is 16.4. The van der Waals surface area contributed by atoms with Gasteiger partial charge in [-0.1, -0.05) is 92.5 Å². The van der Waals surface area contributed by atoms with Crippen molar-refractivity contribution in [3.63, 3.8) is 0 Å². The van der Waals surface area contributed by atoms with E-state index in [1.165, 1.54) is 24.3 Å². The van der Waals surface area contributed by atoms with Crippen molar-refractivity contribution in [3.05, 3.63) is 189 Å². The molecule has 0 radical (unpaired) electrons. The van der Waals surface area contributed by atoms with E-state index in [0.717, 1.165) is 151 Å². The molecule has 4 saturated heterocycles. The van der Waals surface area contributed by atoms with E-state index in [1.807, 2.05) is 74.6 Å². The lowest BCUT2D eigenvalue weighted by molar-refractivity contribution is -0.137. The Morgan fingerprint density at radius 1 is 0.331 bits per heavy atom. The Kier molecular flexibility index (Phi) is 48.4. The molecule has 0 aromatic heterocycles. The molecule has 0 spiro atoms. The molecule has 0 unspecified atom stereocenters. The number of phosphoric ester groups is 4. The number of carbonyl (C=O) groups excluding carboxylic acids is 8. The van der Waals surface area contributed by atoms with Gasteiger partial charge in [-0.05, 0) is 240 Å². The number of esters is 4. The van der Waals surface area contributed by atoms with Crippen LogP contribution in [0.2, 0.25) is 0 Å². The van der Waals surface area contributed by atoms with Crippen LogP contribution in [0.25, 0.3) is 0 Å². The van der Waals surface area contributed by atoms with Crippen molar-refractivity contribution in [2.45, 2.75) is 220 Å². The number of cyclic esters (lactones) is 4. The zero-order valence-electron chi connectivity index (χ0n) is 83.1. The Morgan fingerprint density at radius 3 is 0.865 bits per heavy atom.